The van der Waals surface area contributed by atoms with Crippen LogP contribution in [0, 0.1) is 28.6 Å². The number of ketones is 1. The van der Waals surface area contributed by atoms with E-state index >= 15 is 0 Å². The highest BCUT2D eigenvalue weighted by atomic mass is 16.1. The number of hydrogen-bond donors (Lipinski definition) is 0. The van der Waals surface area contributed by atoms with E-state index in [0.717, 1.165) is 12.8 Å². The van der Waals surface area contributed by atoms with E-state index in [2.05, 4.69) is 20.8 Å². The van der Waals surface area contributed by atoms with E-state index in [1.165, 1.54) is 32.0 Å². The molecular weight excluding hydrogens is 248 g/mol. The highest BCUT2D eigenvalue weighted by Crippen LogP contribution is 2.61. The van der Waals surface area contributed by atoms with Crippen LogP contribution in [0.2, 0.25) is 0 Å². The van der Waals surface area contributed by atoms with Gasteiger partial charge in [0.25, 0.3) is 0 Å². The zero-order chi connectivity index (χ0) is 15.0. The largest absolute Gasteiger partial charge is 0.303 e. The third-order valence-corrected chi connectivity index (χ3v) is 6.41. The van der Waals surface area contributed by atoms with Gasteiger partial charge >= 0.3 is 0 Å². The van der Waals surface area contributed by atoms with Crippen molar-refractivity contribution >= 4 is 12.1 Å². The molecule has 0 aliphatic heterocycles. The summed E-state index contributed by atoms with van der Waals surface area (Å²) in [6, 6.07) is 0. The molecule has 0 aromatic carbocycles. The van der Waals surface area contributed by atoms with Gasteiger partial charge in [0, 0.05) is 12.3 Å². The monoisotopic (exact) mass is 278 g/mol. The number of Topliss-reactive ketones (excluding diaryl/α,β-unsaturated/α-hetero) is 1. The highest BCUT2D eigenvalue weighted by molar-refractivity contribution is 5.75. The van der Waals surface area contributed by atoms with Crippen molar-refractivity contribution in [2.24, 2.45) is 28.6 Å². The molecule has 2 nitrogen and oxygen atoms in total. The summed E-state index contributed by atoms with van der Waals surface area (Å²) in [6.07, 6.45) is 8.72. The lowest BCUT2D eigenvalue weighted by molar-refractivity contribution is -0.132. The molecule has 2 fully saturated rings. The summed E-state index contributed by atoms with van der Waals surface area (Å²) in [5.74, 6) is 1.54. The second-order valence-electron chi connectivity index (χ2n) is 8.13. The maximum Gasteiger partial charge on any atom is 0.129 e. The number of aldehydes is 1. The summed E-state index contributed by atoms with van der Waals surface area (Å²) in [7, 11) is 0. The van der Waals surface area contributed by atoms with Crippen LogP contribution in [0.15, 0.2) is 0 Å². The molecule has 2 rings (SSSR count). The first-order chi connectivity index (χ1) is 9.31. The average molecular weight is 278 g/mol. The summed E-state index contributed by atoms with van der Waals surface area (Å²) >= 11 is 0. The van der Waals surface area contributed by atoms with Crippen LogP contribution in [0.4, 0.5) is 0 Å². The maximum atomic E-state index is 11.5. The highest BCUT2D eigenvalue weighted by Gasteiger charge is 2.54. The summed E-state index contributed by atoms with van der Waals surface area (Å²) < 4.78 is 0. The van der Waals surface area contributed by atoms with Crippen LogP contribution in [0.1, 0.15) is 72.6 Å². The topological polar surface area (TPSA) is 34.1 Å². The zero-order valence-corrected chi connectivity index (χ0v) is 13.6. The Hall–Kier alpha value is -0.660. The van der Waals surface area contributed by atoms with Crippen molar-refractivity contribution < 1.29 is 9.59 Å². The van der Waals surface area contributed by atoms with Gasteiger partial charge in [-0.3, -0.25) is 0 Å². The molecule has 2 heteroatoms. The normalized spacial score (nSPS) is 39.9. The first-order valence-corrected chi connectivity index (χ1v) is 8.26. The molecule has 0 spiro atoms. The molecule has 0 heterocycles. The fourth-order valence-corrected chi connectivity index (χ4v) is 5.45. The molecular formula is C18H30O2. The van der Waals surface area contributed by atoms with Gasteiger partial charge in [-0.2, -0.15) is 0 Å². The molecule has 0 N–H and O–H groups in total. The van der Waals surface area contributed by atoms with Gasteiger partial charge in [-0.15, -0.1) is 0 Å². The van der Waals surface area contributed by atoms with Crippen LogP contribution in [0.3, 0.4) is 0 Å². The molecule has 0 bridgehead atoms. The molecule has 4 atom stereocenters. The molecule has 0 aromatic rings. The number of rotatable bonds is 4. The van der Waals surface area contributed by atoms with Crippen molar-refractivity contribution in [2.75, 3.05) is 0 Å². The van der Waals surface area contributed by atoms with Gasteiger partial charge in [-0.25, -0.2) is 0 Å². The zero-order valence-electron chi connectivity index (χ0n) is 13.6. The van der Waals surface area contributed by atoms with Crippen LogP contribution in [0.25, 0.3) is 0 Å². The first-order valence-electron chi connectivity index (χ1n) is 8.26. The Morgan fingerprint density at radius 2 is 1.90 bits per heavy atom. The minimum atomic E-state index is 0.171. The molecule has 0 aromatic heterocycles. The lowest BCUT2D eigenvalue weighted by Gasteiger charge is -2.59. The van der Waals surface area contributed by atoms with Crippen molar-refractivity contribution in [2.45, 2.75) is 72.6 Å². The molecule has 0 saturated heterocycles. The van der Waals surface area contributed by atoms with Gasteiger partial charge in [0.1, 0.15) is 12.1 Å². The van der Waals surface area contributed by atoms with E-state index in [4.69, 9.17) is 0 Å². The van der Waals surface area contributed by atoms with Crippen LogP contribution < -0.4 is 0 Å². The Kier molecular flexibility index (Phi) is 4.41. The van der Waals surface area contributed by atoms with E-state index in [9.17, 15) is 9.59 Å². The summed E-state index contributed by atoms with van der Waals surface area (Å²) in [4.78, 5) is 22.9. The lowest BCUT2D eigenvalue weighted by atomic mass is 9.46. The fourth-order valence-electron chi connectivity index (χ4n) is 5.45. The molecule has 114 valence electrons. The third-order valence-electron chi connectivity index (χ3n) is 6.41. The molecule has 0 radical (unpaired) electrons. The Bertz CT molecular complexity index is 385. The van der Waals surface area contributed by atoms with Crippen LogP contribution in [0.5, 0.6) is 0 Å². The molecule has 20 heavy (non-hydrogen) atoms. The van der Waals surface area contributed by atoms with Crippen molar-refractivity contribution in [3.63, 3.8) is 0 Å². The predicted molar refractivity (Wildman–Crippen MR) is 81.4 cm³/mol. The molecule has 0 amide bonds. The Labute approximate surface area is 123 Å². The molecule has 2 aliphatic carbocycles. The van der Waals surface area contributed by atoms with Gasteiger partial charge in [-0.05, 0) is 61.7 Å². The fraction of sp³-hybridized carbons (Fsp3) is 0.889. The van der Waals surface area contributed by atoms with Gasteiger partial charge in [0.05, 0.1) is 0 Å². The van der Waals surface area contributed by atoms with E-state index in [1.54, 1.807) is 6.92 Å². The Morgan fingerprint density at radius 1 is 1.20 bits per heavy atom. The smallest absolute Gasteiger partial charge is 0.129 e. The van der Waals surface area contributed by atoms with Gasteiger partial charge in [0.2, 0.25) is 0 Å². The van der Waals surface area contributed by atoms with Gasteiger partial charge in [0.15, 0.2) is 0 Å². The van der Waals surface area contributed by atoms with Gasteiger partial charge in [-0.1, -0.05) is 27.2 Å². The van der Waals surface area contributed by atoms with Crippen LogP contribution in [-0.4, -0.2) is 12.1 Å². The quantitative estimate of drug-likeness (QED) is 0.714. The standard InChI is InChI=1S/C18H30O2/c1-13(20)6-8-15-14(12-19)7-9-16-17(2,3)10-5-11-18(15,16)4/h12,14-16H,5-11H2,1-4H3/t14-,15+,16+,18-/m1/s1. The Balaban J connectivity index is 2.27. The number of carbonyl (C=O) groups is 2. The first kappa shape index (κ1) is 15.7. The van der Waals surface area contributed by atoms with E-state index in [1.807, 2.05) is 0 Å². The van der Waals surface area contributed by atoms with Crippen molar-refractivity contribution in [3.05, 3.63) is 0 Å². The minimum Gasteiger partial charge on any atom is -0.303 e. The molecule has 2 saturated carbocycles. The van der Waals surface area contributed by atoms with E-state index in [0.29, 0.717) is 23.7 Å². The van der Waals surface area contributed by atoms with Gasteiger partial charge < -0.3 is 9.59 Å². The van der Waals surface area contributed by atoms with Crippen LogP contribution in [-0.2, 0) is 9.59 Å². The average Bonchev–Trinajstić information content (AvgIpc) is 2.34. The molecule has 2 aliphatic rings. The lowest BCUT2D eigenvalue weighted by Crippen LogP contribution is -2.51. The number of carbonyl (C=O) groups excluding carboxylic acids is 2. The summed E-state index contributed by atoms with van der Waals surface area (Å²) in [5.41, 5.74) is 0.635. The third kappa shape index (κ3) is 2.71. The second-order valence-corrected chi connectivity index (χ2v) is 8.13. The minimum absolute atomic E-state index is 0.171. The SMILES string of the molecule is CC(=O)CC[C@H]1[C@@H](C=O)CC[C@H]2C(C)(C)CCC[C@]12C. The summed E-state index contributed by atoms with van der Waals surface area (Å²) in [6.45, 7) is 8.87. The van der Waals surface area contributed by atoms with Crippen molar-refractivity contribution in [3.8, 4) is 0 Å². The van der Waals surface area contributed by atoms with Crippen molar-refractivity contribution in [1.82, 2.24) is 0 Å². The maximum absolute atomic E-state index is 11.5. The van der Waals surface area contributed by atoms with E-state index < -0.39 is 0 Å². The number of fused-ring (bicyclic) bond motifs is 1. The summed E-state index contributed by atoms with van der Waals surface area (Å²) in [5, 5.41) is 0. The van der Waals surface area contributed by atoms with Crippen molar-refractivity contribution in [1.29, 1.82) is 0 Å². The second kappa shape index (κ2) is 5.61. The number of hydrogen-bond acceptors (Lipinski definition) is 2. The molecule has 0 unspecified atom stereocenters. The predicted octanol–water partition coefficient (Wildman–Crippen LogP) is 4.41. The Morgan fingerprint density at radius 3 is 2.50 bits per heavy atom. The van der Waals surface area contributed by atoms with Crippen LogP contribution >= 0.6 is 0 Å². The van der Waals surface area contributed by atoms with E-state index in [-0.39, 0.29) is 17.1 Å².